The van der Waals surface area contributed by atoms with E-state index in [9.17, 15) is 8.42 Å². The quantitative estimate of drug-likeness (QED) is 0.848. The first kappa shape index (κ1) is 18.0. The third-order valence-corrected chi connectivity index (χ3v) is 7.21. The van der Waals surface area contributed by atoms with E-state index < -0.39 is 14.6 Å². The monoisotopic (exact) mass is 303 g/mol. The summed E-state index contributed by atoms with van der Waals surface area (Å²) in [7, 11) is -3.00. The van der Waals surface area contributed by atoms with E-state index >= 15 is 0 Å². The summed E-state index contributed by atoms with van der Waals surface area (Å²) in [5, 5.41) is 3.38. The molecule has 1 N–H and O–H groups in total. The van der Waals surface area contributed by atoms with Crippen LogP contribution >= 0.6 is 0 Å². The Kier molecular flexibility index (Phi) is 5.70. The van der Waals surface area contributed by atoms with E-state index in [2.05, 4.69) is 26.1 Å². The van der Waals surface area contributed by atoms with Crippen molar-refractivity contribution < 1.29 is 8.42 Å². The Morgan fingerprint density at radius 2 is 1.50 bits per heavy atom. The molecule has 0 bridgehead atoms. The molecule has 20 heavy (non-hydrogen) atoms. The second-order valence-electron chi connectivity index (χ2n) is 8.25. The fourth-order valence-electron chi connectivity index (χ4n) is 2.94. The van der Waals surface area contributed by atoms with Crippen LogP contribution in [0.1, 0.15) is 60.3 Å². The first-order chi connectivity index (χ1) is 8.93. The number of hydrogen-bond acceptors (Lipinski definition) is 3. The fourth-order valence-corrected chi connectivity index (χ4v) is 3.31. The third-order valence-electron chi connectivity index (χ3n) is 5.06. The molecular formula is C16H33NO2S. The minimum atomic E-state index is -3.00. The van der Waals surface area contributed by atoms with Gasteiger partial charge in [0.1, 0.15) is 0 Å². The zero-order valence-corrected chi connectivity index (χ0v) is 14.9. The van der Waals surface area contributed by atoms with E-state index in [0.29, 0.717) is 17.9 Å². The van der Waals surface area contributed by atoms with Crippen molar-refractivity contribution >= 4 is 9.84 Å². The van der Waals surface area contributed by atoms with Gasteiger partial charge < -0.3 is 5.32 Å². The van der Waals surface area contributed by atoms with Gasteiger partial charge in [-0.25, -0.2) is 8.42 Å². The van der Waals surface area contributed by atoms with Gasteiger partial charge in [0.2, 0.25) is 0 Å². The SMILES string of the molecule is CC(C)(C)C1CCC(CNCC(C)(C)S(C)(=O)=O)CC1. The van der Waals surface area contributed by atoms with Crippen LogP contribution in [0.3, 0.4) is 0 Å². The van der Waals surface area contributed by atoms with Gasteiger partial charge in [0, 0.05) is 12.8 Å². The van der Waals surface area contributed by atoms with Gasteiger partial charge in [-0.1, -0.05) is 20.8 Å². The molecule has 0 aromatic carbocycles. The molecule has 120 valence electrons. The predicted molar refractivity (Wildman–Crippen MR) is 86.7 cm³/mol. The topological polar surface area (TPSA) is 46.2 Å². The minimum absolute atomic E-state index is 0.427. The van der Waals surface area contributed by atoms with Gasteiger partial charge in [0.15, 0.2) is 9.84 Å². The zero-order valence-electron chi connectivity index (χ0n) is 14.1. The number of nitrogens with one attached hydrogen (secondary N) is 1. The maximum atomic E-state index is 11.6. The minimum Gasteiger partial charge on any atom is -0.315 e. The van der Waals surface area contributed by atoms with Crippen LogP contribution in [0.25, 0.3) is 0 Å². The molecule has 4 heteroatoms. The highest BCUT2D eigenvalue weighted by atomic mass is 32.2. The highest BCUT2D eigenvalue weighted by Crippen LogP contribution is 2.39. The number of rotatable bonds is 5. The van der Waals surface area contributed by atoms with Gasteiger partial charge in [-0.3, -0.25) is 0 Å². The van der Waals surface area contributed by atoms with Crippen molar-refractivity contribution in [3.8, 4) is 0 Å². The Morgan fingerprint density at radius 3 is 1.90 bits per heavy atom. The molecule has 0 radical (unpaired) electrons. The van der Waals surface area contributed by atoms with Crippen LogP contribution in [0.2, 0.25) is 0 Å². The molecule has 0 atom stereocenters. The number of hydrogen-bond donors (Lipinski definition) is 1. The summed E-state index contributed by atoms with van der Waals surface area (Å²) in [4.78, 5) is 0. The molecule has 1 fully saturated rings. The van der Waals surface area contributed by atoms with Gasteiger partial charge in [0.05, 0.1) is 4.75 Å². The smallest absolute Gasteiger partial charge is 0.153 e. The maximum Gasteiger partial charge on any atom is 0.153 e. The zero-order chi connectivity index (χ0) is 15.6. The van der Waals surface area contributed by atoms with E-state index in [1.54, 1.807) is 13.8 Å². The van der Waals surface area contributed by atoms with Crippen LogP contribution in [-0.2, 0) is 9.84 Å². The van der Waals surface area contributed by atoms with Crippen molar-refractivity contribution in [3.05, 3.63) is 0 Å². The first-order valence-corrected chi connectivity index (χ1v) is 9.73. The molecule has 1 rings (SSSR count). The first-order valence-electron chi connectivity index (χ1n) is 7.84. The van der Waals surface area contributed by atoms with Crippen LogP contribution in [-0.4, -0.2) is 32.5 Å². The highest BCUT2D eigenvalue weighted by Gasteiger charge is 2.31. The van der Waals surface area contributed by atoms with E-state index in [0.717, 1.165) is 12.5 Å². The highest BCUT2D eigenvalue weighted by molar-refractivity contribution is 7.92. The van der Waals surface area contributed by atoms with Crippen LogP contribution in [0.5, 0.6) is 0 Å². The summed E-state index contributed by atoms with van der Waals surface area (Å²) in [6.07, 6.45) is 6.49. The Labute approximate surface area is 125 Å². The molecule has 1 aliphatic rings. The summed E-state index contributed by atoms with van der Waals surface area (Å²) >= 11 is 0. The Hall–Kier alpha value is -0.0900. The Balaban J connectivity index is 2.33. The second-order valence-corrected chi connectivity index (χ2v) is 10.9. The molecular weight excluding hydrogens is 270 g/mol. The van der Waals surface area contributed by atoms with Crippen LogP contribution < -0.4 is 5.32 Å². The summed E-state index contributed by atoms with van der Waals surface area (Å²) in [5.41, 5.74) is 0.427. The normalized spacial score (nSPS) is 25.7. The lowest BCUT2D eigenvalue weighted by Gasteiger charge is -2.37. The molecule has 0 heterocycles. The van der Waals surface area contributed by atoms with Crippen molar-refractivity contribution in [1.29, 1.82) is 0 Å². The average molecular weight is 304 g/mol. The summed E-state index contributed by atoms with van der Waals surface area (Å²) < 4.78 is 22.6. The third kappa shape index (κ3) is 5.03. The molecule has 0 aliphatic heterocycles. The van der Waals surface area contributed by atoms with Crippen molar-refractivity contribution in [1.82, 2.24) is 5.32 Å². The molecule has 0 unspecified atom stereocenters. The van der Waals surface area contributed by atoms with Crippen LogP contribution in [0, 0.1) is 17.3 Å². The van der Waals surface area contributed by atoms with Crippen LogP contribution in [0.4, 0.5) is 0 Å². The Bertz CT molecular complexity index is 399. The van der Waals surface area contributed by atoms with Crippen LogP contribution in [0.15, 0.2) is 0 Å². The van der Waals surface area contributed by atoms with Gasteiger partial charge in [-0.05, 0) is 63.3 Å². The standard InChI is InChI=1S/C16H33NO2S/c1-15(2,3)14-9-7-13(8-10-14)11-17-12-16(4,5)20(6,18)19/h13-14,17H,7-12H2,1-6H3. The van der Waals surface area contributed by atoms with Crippen molar-refractivity contribution in [2.75, 3.05) is 19.3 Å². The van der Waals surface area contributed by atoms with Crippen molar-refractivity contribution in [3.63, 3.8) is 0 Å². The lowest BCUT2D eigenvalue weighted by atomic mass is 9.70. The van der Waals surface area contributed by atoms with Gasteiger partial charge in [-0.15, -0.1) is 0 Å². The molecule has 0 amide bonds. The molecule has 1 aliphatic carbocycles. The summed E-state index contributed by atoms with van der Waals surface area (Å²) in [6, 6.07) is 0. The lowest BCUT2D eigenvalue weighted by molar-refractivity contribution is 0.149. The lowest BCUT2D eigenvalue weighted by Crippen LogP contribution is -2.43. The maximum absolute atomic E-state index is 11.6. The molecule has 0 saturated heterocycles. The van der Waals surface area contributed by atoms with Gasteiger partial charge in [-0.2, -0.15) is 0 Å². The van der Waals surface area contributed by atoms with Crippen molar-refractivity contribution in [2.45, 2.75) is 65.0 Å². The molecule has 1 saturated carbocycles. The largest absolute Gasteiger partial charge is 0.315 e. The van der Waals surface area contributed by atoms with E-state index in [4.69, 9.17) is 0 Å². The van der Waals surface area contributed by atoms with Crippen molar-refractivity contribution in [2.24, 2.45) is 17.3 Å². The number of sulfone groups is 1. The van der Waals surface area contributed by atoms with E-state index in [-0.39, 0.29) is 0 Å². The van der Waals surface area contributed by atoms with Gasteiger partial charge in [0.25, 0.3) is 0 Å². The van der Waals surface area contributed by atoms with E-state index in [1.165, 1.54) is 31.9 Å². The summed E-state index contributed by atoms with van der Waals surface area (Å²) in [5.74, 6) is 1.55. The molecule has 0 spiro atoms. The van der Waals surface area contributed by atoms with E-state index in [1.807, 2.05) is 0 Å². The average Bonchev–Trinajstić information content (AvgIpc) is 2.26. The summed E-state index contributed by atoms with van der Waals surface area (Å²) in [6.45, 7) is 12.1. The Morgan fingerprint density at radius 1 is 1.00 bits per heavy atom. The second kappa shape index (κ2) is 6.35. The molecule has 0 aromatic heterocycles. The van der Waals surface area contributed by atoms with Gasteiger partial charge >= 0.3 is 0 Å². The molecule has 3 nitrogen and oxygen atoms in total. The fraction of sp³-hybridized carbons (Fsp3) is 1.00. The predicted octanol–water partition coefficient (Wildman–Crippen LogP) is 3.25. The molecule has 0 aromatic rings.